The van der Waals surface area contributed by atoms with E-state index in [9.17, 15) is 9.59 Å². The summed E-state index contributed by atoms with van der Waals surface area (Å²) in [5.41, 5.74) is 4.08. The van der Waals surface area contributed by atoms with Crippen LogP contribution in [0, 0.1) is 6.92 Å². The fourth-order valence-corrected chi connectivity index (χ4v) is 3.96. The molecule has 0 spiro atoms. The van der Waals surface area contributed by atoms with Gasteiger partial charge in [-0.3, -0.25) is 9.59 Å². The van der Waals surface area contributed by atoms with Gasteiger partial charge >= 0.3 is 5.97 Å². The van der Waals surface area contributed by atoms with Crippen molar-refractivity contribution in [2.24, 2.45) is 0 Å². The van der Waals surface area contributed by atoms with E-state index >= 15 is 0 Å². The molecule has 0 fully saturated rings. The molecule has 0 saturated heterocycles. The Balaban J connectivity index is 2.11. The number of hydrogen-bond donors (Lipinski definition) is 0. The molecule has 30 heavy (non-hydrogen) atoms. The van der Waals surface area contributed by atoms with Crippen LogP contribution in [0.5, 0.6) is 5.75 Å². The monoisotopic (exact) mass is 410 g/mol. The molecule has 0 aliphatic carbocycles. The lowest BCUT2D eigenvalue weighted by Crippen LogP contribution is -2.45. The number of carbonyl (C=O) groups excluding carboxylic acids is 2. The standard InChI is InChI=1S/C24H30N2O4/c1-16-7-6-8-22-20(16)15-21(18-9-11-19(29-5)12-10-18)23(30-17(2)27)24(28)26(22)14-13-25(3)4/h6-12,21,23H,13-15H2,1-5H3/t21-,23+/m0/s1. The van der Waals surface area contributed by atoms with Gasteiger partial charge in [-0.15, -0.1) is 0 Å². The number of aryl methyl sites for hydroxylation is 1. The van der Waals surface area contributed by atoms with Gasteiger partial charge in [0, 0.05) is 31.6 Å². The summed E-state index contributed by atoms with van der Waals surface area (Å²) in [6.45, 7) is 4.64. The number of esters is 1. The fraction of sp³-hybridized carbons (Fsp3) is 0.417. The van der Waals surface area contributed by atoms with Crippen LogP contribution in [0.15, 0.2) is 42.5 Å². The Morgan fingerprint density at radius 1 is 1.17 bits per heavy atom. The molecule has 2 atom stereocenters. The maximum absolute atomic E-state index is 13.7. The van der Waals surface area contributed by atoms with Crippen LogP contribution in [0.4, 0.5) is 5.69 Å². The summed E-state index contributed by atoms with van der Waals surface area (Å²) in [5.74, 6) is -0.178. The van der Waals surface area contributed by atoms with Gasteiger partial charge < -0.3 is 19.3 Å². The normalized spacial score (nSPS) is 18.7. The summed E-state index contributed by atoms with van der Waals surface area (Å²) in [5, 5.41) is 0. The molecule has 1 aliphatic heterocycles. The van der Waals surface area contributed by atoms with Crippen molar-refractivity contribution in [3.05, 3.63) is 59.2 Å². The Hall–Kier alpha value is -2.86. The zero-order chi connectivity index (χ0) is 21.8. The average Bonchev–Trinajstić information content (AvgIpc) is 2.82. The molecule has 1 aliphatic rings. The van der Waals surface area contributed by atoms with Gasteiger partial charge in [0.15, 0.2) is 6.10 Å². The van der Waals surface area contributed by atoms with Crippen molar-refractivity contribution in [2.75, 3.05) is 39.2 Å². The third-order valence-corrected chi connectivity index (χ3v) is 5.58. The van der Waals surface area contributed by atoms with Crippen molar-refractivity contribution in [2.45, 2.75) is 32.3 Å². The van der Waals surface area contributed by atoms with E-state index in [2.05, 4.69) is 13.0 Å². The summed E-state index contributed by atoms with van der Waals surface area (Å²) in [4.78, 5) is 29.4. The van der Waals surface area contributed by atoms with E-state index < -0.39 is 12.1 Å². The van der Waals surface area contributed by atoms with Crippen molar-refractivity contribution in [1.82, 2.24) is 4.90 Å². The summed E-state index contributed by atoms with van der Waals surface area (Å²) >= 11 is 0. The van der Waals surface area contributed by atoms with E-state index in [1.165, 1.54) is 6.92 Å². The van der Waals surface area contributed by atoms with Gasteiger partial charge in [-0.05, 0) is 62.3 Å². The van der Waals surface area contributed by atoms with Crippen molar-refractivity contribution in [3.8, 4) is 5.75 Å². The number of ether oxygens (including phenoxy) is 2. The highest BCUT2D eigenvalue weighted by atomic mass is 16.5. The van der Waals surface area contributed by atoms with E-state index in [0.29, 0.717) is 19.5 Å². The van der Waals surface area contributed by atoms with Crippen molar-refractivity contribution < 1.29 is 19.1 Å². The second kappa shape index (κ2) is 9.30. The van der Waals surface area contributed by atoms with E-state index in [1.807, 2.05) is 55.4 Å². The molecule has 6 heteroatoms. The first kappa shape index (κ1) is 21.8. The van der Waals surface area contributed by atoms with Crippen molar-refractivity contribution in [1.29, 1.82) is 0 Å². The minimum absolute atomic E-state index is 0.183. The molecular weight excluding hydrogens is 380 g/mol. The number of rotatable bonds is 6. The minimum atomic E-state index is -0.884. The topological polar surface area (TPSA) is 59.1 Å². The molecule has 6 nitrogen and oxygen atoms in total. The van der Waals surface area contributed by atoms with E-state index in [1.54, 1.807) is 12.0 Å². The average molecular weight is 411 g/mol. The molecule has 0 saturated carbocycles. The zero-order valence-electron chi connectivity index (χ0n) is 18.3. The van der Waals surface area contributed by atoms with Crippen LogP contribution < -0.4 is 9.64 Å². The summed E-state index contributed by atoms with van der Waals surface area (Å²) < 4.78 is 10.9. The van der Waals surface area contributed by atoms with Gasteiger partial charge in [0.2, 0.25) is 0 Å². The largest absolute Gasteiger partial charge is 0.497 e. The van der Waals surface area contributed by atoms with Gasteiger partial charge in [0.1, 0.15) is 5.75 Å². The molecular formula is C24H30N2O4. The van der Waals surface area contributed by atoms with Gasteiger partial charge in [-0.2, -0.15) is 0 Å². The molecule has 0 N–H and O–H groups in total. The Bertz CT molecular complexity index is 908. The molecule has 0 aromatic heterocycles. The third-order valence-electron chi connectivity index (χ3n) is 5.58. The first-order valence-corrected chi connectivity index (χ1v) is 10.2. The molecule has 0 bridgehead atoms. The number of likely N-dealkylation sites (N-methyl/N-ethyl adjacent to an activating group) is 1. The van der Waals surface area contributed by atoms with E-state index in [0.717, 1.165) is 28.1 Å². The predicted molar refractivity (Wildman–Crippen MR) is 117 cm³/mol. The van der Waals surface area contributed by atoms with Crippen LogP contribution in [0.2, 0.25) is 0 Å². The maximum atomic E-state index is 13.7. The van der Waals surface area contributed by atoms with Crippen molar-refractivity contribution in [3.63, 3.8) is 0 Å². The molecule has 2 aromatic rings. The predicted octanol–water partition coefficient (Wildman–Crippen LogP) is 3.17. The van der Waals surface area contributed by atoms with Gasteiger partial charge in [-0.1, -0.05) is 24.3 Å². The molecule has 2 aromatic carbocycles. The highest BCUT2D eigenvalue weighted by Gasteiger charge is 2.40. The number of hydrogen-bond acceptors (Lipinski definition) is 5. The lowest BCUT2D eigenvalue weighted by molar-refractivity contribution is -0.154. The first-order valence-electron chi connectivity index (χ1n) is 10.2. The smallest absolute Gasteiger partial charge is 0.303 e. The van der Waals surface area contributed by atoms with Gasteiger partial charge in [0.05, 0.1) is 7.11 Å². The Morgan fingerprint density at radius 2 is 1.87 bits per heavy atom. The van der Waals surface area contributed by atoms with E-state index in [-0.39, 0.29) is 11.8 Å². The molecule has 0 unspecified atom stereocenters. The minimum Gasteiger partial charge on any atom is -0.497 e. The molecule has 1 heterocycles. The SMILES string of the molecule is COc1ccc([C@@H]2Cc3c(C)cccc3N(CCN(C)C)C(=O)[C@@H]2OC(C)=O)cc1. The molecule has 1 amide bonds. The molecule has 0 radical (unpaired) electrons. The first-order chi connectivity index (χ1) is 14.3. The number of carbonyl (C=O) groups is 2. The van der Waals surface area contributed by atoms with E-state index in [4.69, 9.17) is 9.47 Å². The summed E-state index contributed by atoms with van der Waals surface area (Å²) in [6.07, 6.45) is -0.277. The number of fused-ring (bicyclic) bond motifs is 1. The van der Waals surface area contributed by atoms with Crippen LogP contribution >= 0.6 is 0 Å². The van der Waals surface area contributed by atoms with Crippen LogP contribution in [-0.2, 0) is 20.7 Å². The van der Waals surface area contributed by atoms with Crippen LogP contribution in [-0.4, -0.2) is 57.2 Å². The second-order valence-electron chi connectivity index (χ2n) is 7.98. The maximum Gasteiger partial charge on any atom is 0.303 e. The van der Waals surface area contributed by atoms with Crippen LogP contribution in [0.3, 0.4) is 0 Å². The van der Waals surface area contributed by atoms with Crippen LogP contribution in [0.25, 0.3) is 0 Å². The third kappa shape index (κ3) is 4.65. The number of benzene rings is 2. The number of anilines is 1. The Labute approximate surface area is 178 Å². The lowest BCUT2D eigenvalue weighted by Gasteiger charge is -2.29. The lowest BCUT2D eigenvalue weighted by atomic mass is 9.86. The van der Waals surface area contributed by atoms with Crippen LogP contribution in [0.1, 0.15) is 29.5 Å². The second-order valence-corrected chi connectivity index (χ2v) is 7.98. The molecule has 3 rings (SSSR count). The molecule has 160 valence electrons. The zero-order valence-corrected chi connectivity index (χ0v) is 18.3. The summed E-state index contributed by atoms with van der Waals surface area (Å²) in [7, 11) is 5.57. The van der Waals surface area contributed by atoms with Gasteiger partial charge in [0.25, 0.3) is 5.91 Å². The Kier molecular flexibility index (Phi) is 6.77. The summed E-state index contributed by atoms with van der Waals surface area (Å²) in [6, 6.07) is 13.7. The highest BCUT2D eigenvalue weighted by Crippen LogP contribution is 2.38. The fourth-order valence-electron chi connectivity index (χ4n) is 3.96. The number of amides is 1. The highest BCUT2D eigenvalue weighted by molar-refractivity contribution is 6.00. The quantitative estimate of drug-likeness (QED) is 0.685. The van der Waals surface area contributed by atoms with Gasteiger partial charge in [-0.25, -0.2) is 0 Å². The number of nitrogens with zero attached hydrogens (tertiary/aromatic N) is 2. The Morgan fingerprint density at radius 3 is 2.47 bits per heavy atom. The van der Waals surface area contributed by atoms with Crippen molar-refractivity contribution >= 4 is 17.6 Å². The number of methoxy groups -OCH3 is 1.